The van der Waals surface area contributed by atoms with Gasteiger partial charge in [-0.3, -0.25) is 10.00 Å². The summed E-state index contributed by atoms with van der Waals surface area (Å²) in [6, 6.07) is 12.7. The Hall–Kier alpha value is -2.05. The van der Waals surface area contributed by atoms with Crippen LogP contribution in [0.2, 0.25) is 0 Å². The van der Waals surface area contributed by atoms with Crippen LogP contribution in [0.15, 0.2) is 50.8 Å². The van der Waals surface area contributed by atoms with Gasteiger partial charge in [0.15, 0.2) is 10.9 Å². The molecule has 0 saturated carbocycles. The third-order valence-corrected chi connectivity index (χ3v) is 5.67. The minimum Gasteiger partial charge on any atom is -0.453 e. The van der Waals surface area contributed by atoms with Gasteiger partial charge in [0.2, 0.25) is 0 Å². The first-order valence-corrected chi connectivity index (χ1v) is 9.92. The first kappa shape index (κ1) is 17.4. The summed E-state index contributed by atoms with van der Waals surface area (Å²) >= 11 is 1.67. The molecule has 1 aromatic carbocycles. The molecule has 0 spiro atoms. The highest BCUT2D eigenvalue weighted by Crippen LogP contribution is 2.31. The summed E-state index contributed by atoms with van der Waals surface area (Å²) in [5, 5.41) is 8.25. The first-order chi connectivity index (χ1) is 12.7. The normalized spacial score (nSPS) is 18.3. The molecule has 0 unspecified atom stereocenters. The summed E-state index contributed by atoms with van der Waals surface area (Å²) in [6.45, 7) is 6.98. The molecule has 1 atom stereocenters. The van der Waals surface area contributed by atoms with Crippen molar-refractivity contribution in [2.75, 3.05) is 13.1 Å². The molecule has 0 aliphatic carbocycles. The number of nitrogens with zero attached hydrogens (tertiary/aromatic N) is 3. The number of aromatic nitrogens is 3. The van der Waals surface area contributed by atoms with Gasteiger partial charge < -0.3 is 4.42 Å². The predicted octanol–water partition coefficient (Wildman–Crippen LogP) is 4.55. The van der Waals surface area contributed by atoms with E-state index in [0.717, 1.165) is 48.6 Å². The van der Waals surface area contributed by atoms with Crippen LogP contribution >= 0.6 is 11.8 Å². The second-order valence-electron chi connectivity index (χ2n) is 6.99. The molecule has 0 bridgehead atoms. The van der Waals surface area contributed by atoms with Crippen LogP contribution in [0.1, 0.15) is 41.7 Å². The minimum atomic E-state index is 0.407. The van der Waals surface area contributed by atoms with Crippen molar-refractivity contribution < 1.29 is 4.42 Å². The average Bonchev–Trinajstić information content (AvgIpc) is 3.26. The van der Waals surface area contributed by atoms with Crippen LogP contribution in [0.3, 0.4) is 0 Å². The second kappa shape index (κ2) is 7.68. The van der Waals surface area contributed by atoms with Gasteiger partial charge in [-0.1, -0.05) is 29.5 Å². The second-order valence-corrected chi connectivity index (χ2v) is 8.07. The van der Waals surface area contributed by atoms with Gasteiger partial charge in [-0.05, 0) is 57.5 Å². The lowest BCUT2D eigenvalue weighted by Gasteiger charge is -2.30. The molecular formula is C20H24N4OS. The number of benzene rings is 1. The smallest absolute Gasteiger partial charge is 0.165 e. The van der Waals surface area contributed by atoms with E-state index >= 15 is 0 Å². The van der Waals surface area contributed by atoms with E-state index in [1.807, 2.05) is 6.92 Å². The number of hydrogen-bond donors (Lipinski definition) is 1. The number of aromatic amines is 1. The zero-order valence-corrected chi connectivity index (χ0v) is 16.1. The van der Waals surface area contributed by atoms with E-state index in [-0.39, 0.29) is 0 Å². The molecule has 0 radical (unpaired) electrons. The molecule has 136 valence electrons. The van der Waals surface area contributed by atoms with E-state index in [1.54, 1.807) is 11.8 Å². The fraction of sp³-hybridized carbons (Fsp3) is 0.400. The lowest BCUT2D eigenvalue weighted by atomic mass is 9.97. The maximum absolute atomic E-state index is 6.05. The zero-order valence-electron chi connectivity index (χ0n) is 15.2. The van der Waals surface area contributed by atoms with Crippen molar-refractivity contribution in [3.05, 3.63) is 59.4 Å². The van der Waals surface area contributed by atoms with Crippen LogP contribution in [-0.4, -0.2) is 33.2 Å². The molecule has 5 nitrogen and oxygen atoms in total. The molecule has 26 heavy (non-hydrogen) atoms. The topological polar surface area (TPSA) is 58.0 Å². The third kappa shape index (κ3) is 4.19. The largest absolute Gasteiger partial charge is 0.453 e. The number of rotatable bonds is 5. The summed E-state index contributed by atoms with van der Waals surface area (Å²) in [4.78, 5) is 8.16. The van der Waals surface area contributed by atoms with Crippen molar-refractivity contribution in [3.8, 4) is 0 Å². The van der Waals surface area contributed by atoms with Gasteiger partial charge in [-0.2, -0.15) is 5.10 Å². The van der Waals surface area contributed by atoms with E-state index in [0.29, 0.717) is 5.92 Å². The zero-order chi connectivity index (χ0) is 17.9. The van der Waals surface area contributed by atoms with Crippen LogP contribution in [0.4, 0.5) is 0 Å². The highest BCUT2D eigenvalue weighted by Gasteiger charge is 2.25. The Kier molecular flexibility index (Phi) is 5.13. The Balaban J connectivity index is 1.36. The summed E-state index contributed by atoms with van der Waals surface area (Å²) in [5.41, 5.74) is 1.27. The molecule has 4 rings (SSSR count). The van der Waals surface area contributed by atoms with Crippen molar-refractivity contribution in [1.29, 1.82) is 0 Å². The first-order valence-electron chi connectivity index (χ1n) is 9.10. The van der Waals surface area contributed by atoms with Gasteiger partial charge in [-0.25, -0.2) is 4.98 Å². The lowest BCUT2D eigenvalue weighted by Crippen LogP contribution is -2.34. The summed E-state index contributed by atoms with van der Waals surface area (Å²) in [5.74, 6) is 3.26. The van der Waals surface area contributed by atoms with Crippen molar-refractivity contribution in [2.24, 2.45) is 0 Å². The van der Waals surface area contributed by atoms with Crippen LogP contribution < -0.4 is 0 Å². The molecule has 6 heteroatoms. The number of hydrogen-bond acceptors (Lipinski definition) is 5. The summed E-state index contributed by atoms with van der Waals surface area (Å²) in [7, 11) is 0. The SMILES string of the molecule is Cc1ccc(Sc2ccc(CN3CCC[C@H](c4n[nH]c(C)n4)C3)o2)cc1. The summed E-state index contributed by atoms with van der Waals surface area (Å²) < 4.78 is 6.05. The van der Waals surface area contributed by atoms with Crippen LogP contribution in [0, 0.1) is 13.8 Å². The van der Waals surface area contributed by atoms with Crippen molar-refractivity contribution >= 4 is 11.8 Å². The average molecular weight is 369 g/mol. The van der Waals surface area contributed by atoms with Gasteiger partial charge in [0, 0.05) is 17.4 Å². The Labute approximate surface area is 158 Å². The highest BCUT2D eigenvalue weighted by atomic mass is 32.2. The van der Waals surface area contributed by atoms with E-state index < -0.39 is 0 Å². The van der Waals surface area contributed by atoms with Gasteiger partial charge in [0.25, 0.3) is 0 Å². The molecule has 1 aliphatic rings. The standard InChI is InChI=1S/C20H24N4OS/c1-14-5-8-18(9-6-14)26-19-10-7-17(25-19)13-24-11-3-4-16(12-24)20-21-15(2)22-23-20/h5-10,16H,3-4,11-13H2,1-2H3,(H,21,22,23)/t16-/m0/s1. The fourth-order valence-electron chi connectivity index (χ4n) is 3.39. The molecule has 3 heterocycles. The van der Waals surface area contributed by atoms with E-state index in [2.05, 4.69) is 63.4 Å². The fourth-order valence-corrected chi connectivity index (χ4v) is 4.18. The third-order valence-electron chi connectivity index (χ3n) is 4.74. The Morgan fingerprint density at radius 3 is 2.81 bits per heavy atom. The highest BCUT2D eigenvalue weighted by molar-refractivity contribution is 7.99. The number of nitrogens with one attached hydrogen (secondary N) is 1. The Bertz CT molecular complexity index is 855. The van der Waals surface area contributed by atoms with E-state index in [1.165, 1.54) is 16.9 Å². The quantitative estimate of drug-likeness (QED) is 0.716. The maximum atomic E-state index is 6.05. The Morgan fingerprint density at radius 2 is 2.04 bits per heavy atom. The van der Waals surface area contributed by atoms with Crippen molar-refractivity contribution in [3.63, 3.8) is 0 Å². The van der Waals surface area contributed by atoms with E-state index in [4.69, 9.17) is 4.42 Å². The number of H-pyrrole nitrogens is 1. The molecule has 2 aromatic heterocycles. The van der Waals surface area contributed by atoms with Gasteiger partial charge in [-0.15, -0.1) is 0 Å². The van der Waals surface area contributed by atoms with Gasteiger partial charge in [0.05, 0.1) is 6.54 Å². The minimum absolute atomic E-state index is 0.407. The number of furan rings is 1. The van der Waals surface area contributed by atoms with Gasteiger partial charge in [0.1, 0.15) is 11.6 Å². The van der Waals surface area contributed by atoms with Crippen LogP contribution in [0.5, 0.6) is 0 Å². The maximum Gasteiger partial charge on any atom is 0.165 e. The number of piperidine rings is 1. The molecule has 1 fully saturated rings. The molecule has 1 N–H and O–H groups in total. The number of aryl methyl sites for hydroxylation is 2. The predicted molar refractivity (Wildman–Crippen MR) is 102 cm³/mol. The van der Waals surface area contributed by atoms with Crippen molar-refractivity contribution in [1.82, 2.24) is 20.1 Å². The van der Waals surface area contributed by atoms with Gasteiger partial charge >= 0.3 is 0 Å². The van der Waals surface area contributed by atoms with Crippen LogP contribution in [-0.2, 0) is 6.54 Å². The van der Waals surface area contributed by atoms with Crippen molar-refractivity contribution in [2.45, 2.75) is 49.1 Å². The van der Waals surface area contributed by atoms with E-state index in [9.17, 15) is 0 Å². The summed E-state index contributed by atoms with van der Waals surface area (Å²) in [6.07, 6.45) is 2.32. The molecule has 1 aliphatic heterocycles. The Morgan fingerprint density at radius 1 is 1.19 bits per heavy atom. The molecular weight excluding hydrogens is 344 g/mol. The lowest BCUT2D eigenvalue weighted by molar-refractivity contribution is 0.180. The number of likely N-dealkylation sites (tertiary alicyclic amines) is 1. The molecule has 3 aromatic rings. The molecule has 1 saturated heterocycles. The van der Waals surface area contributed by atoms with Crippen LogP contribution in [0.25, 0.3) is 0 Å². The molecule has 0 amide bonds. The monoisotopic (exact) mass is 368 g/mol.